The molecule has 0 amide bonds. The average molecular weight is 475 g/mol. The zero-order valence-corrected chi connectivity index (χ0v) is 21.3. The van der Waals surface area contributed by atoms with Gasteiger partial charge in [0.25, 0.3) is 0 Å². The first kappa shape index (κ1) is 25.6. The lowest BCUT2D eigenvalue weighted by Gasteiger charge is -2.48. The zero-order chi connectivity index (χ0) is 25.1. The highest BCUT2D eigenvalue weighted by molar-refractivity contribution is 5.95. The first-order valence-electron chi connectivity index (χ1n) is 13.1. The van der Waals surface area contributed by atoms with Gasteiger partial charge in [-0.1, -0.05) is 65.5 Å². The van der Waals surface area contributed by atoms with Gasteiger partial charge in [-0.05, 0) is 54.1 Å². The minimum absolute atomic E-state index is 0.0175. The van der Waals surface area contributed by atoms with E-state index in [-0.39, 0.29) is 35.6 Å². The van der Waals surface area contributed by atoms with Crippen molar-refractivity contribution in [1.29, 1.82) is 0 Å². The van der Waals surface area contributed by atoms with Crippen LogP contribution in [0.3, 0.4) is 0 Å². The predicted molar refractivity (Wildman–Crippen MR) is 129 cm³/mol. The van der Waals surface area contributed by atoms with Crippen LogP contribution < -0.4 is 0 Å². The molecule has 6 heteroatoms. The van der Waals surface area contributed by atoms with E-state index >= 15 is 0 Å². The highest BCUT2D eigenvalue weighted by Gasteiger charge is 2.75. The van der Waals surface area contributed by atoms with E-state index in [9.17, 15) is 24.9 Å². The number of unbranched alkanes of at least 4 members (excludes halogenated alkanes) is 4. The Kier molecular flexibility index (Phi) is 6.67. The number of Topliss-reactive ketones (excluding diaryl/α,β-unsaturated/α-hetero) is 1. The fourth-order valence-electron chi connectivity index (χ4n) is 7.53. The summed E-state index contributed by atoms with van der Waals surface area (Å²) in [6, 6.07) is 0. The number of esters is 1. The van der Waals surface area contributed by atoms with E-state index in [4.69, 9.17) is 4.74 Å². The van der Waals surface area contributed by atoms with E-state index in [1.165, 1.54) is 0 Å². The number of carbonyl (C=O) groups is 2. The van der Waals surface area contributed by atoms with E-state index in [2.05, 4.69) is 20.8 Å². The lowest BCUT2D eigenvalue weighted by molar-refractivity contribution is -0.190. The van der Waals surface area contributed by atoms with Gasteiger partial charge in [0.15, 0.2) is 5.78 Å². The smallest absolute Gasteiger partial charge is 0.306 e. The molecule has 0 aromatic rings. The molecule has 2 fully saturated rings. The van der Waals surface area contributed by atoms with Gasteiger partial charge in [-0.25, -0.2) is 0 Å². The molecule has 0 aromatic heterocycles. The van der Waals surface area contributed by atoms with Crippen molar-refractivity contribution in [1.82, 2.24) is 0 Å². The Morgan fingerprint density at radius 3 is 2.50 bits per heavy atom. The van der Waals surface area contributed by atoms with Crippen molar-refractivity contribution < 1.29 is 29.6 Å². The molecule has 8 atom stereocenters. The second-order valence-electron chi connectivity index (χ2n) is 11.9. The summed E-state index contributed by atoms with van der Waals surface area (Å²) in [4.78, 5) is 26.5. The van der Waals surface area contributed by atoms with Gasteiger partial charge < -0.3 is 20.1 Å². The number of hydrogen-bond acceptors (Lipinski definition) is 6. The molecule has 0 aromatic carbocycles. The van der Waals surface area contributed by atoms with Gasteiger partial charge in [0.1, 0.15) is 24.4 Å². The molecular formula is C28H42O6. The van der Waals surface area contributed by atoms with Crippen molar-refractivity contribution in [2.75, 3.05) is 6.61 Å². The predicted octanol–water partition coefficient (Wildman–Crippen LogP) is 3.73. The quantitative estimate of drug-likeness (QED) is 0.281. The van der Waals surface area contributed by atoms with E-state index in [1.807, 2.05) is 6.92 Å². The summed E-state index contributed by atoms with van der Waals surface area (Å²) in [6.45, 7) is 9.95. The van der Waals surface area contributed by atoms with Crippen LogP contribution in [0.2, 0.25) is 0 Å². The molecule has 0 saturated heterocycles. The summed E-state index contributed by atoms with van der Waals surface area (Å²) in [6.07, 6.45) is 6.76. The third-order valence-corrected chi connectivity index (χ3v) is 9.63. The van der Waals surface area contributed by atoms with Crippen LogP contribution in [0.4, 0.5) is 0 Å². The van der Waals surface area contributed by atoms with Crippen LogP contribution >= 0.6 is 0 Å². The van der Waals surface area contributed by atoms with Crippen LogP contribution in [0, 0.1) is 34.5 Å². The molecule has 4 rings (SSSR count). The molecule has 0 aliphatic heterocycles. The summed E-state index contributed by atoms with van der Waals surface area (Å²) >= 11 is 0. The third kappa shape index (κ3) is 3.55. The van der Waals surface area contributed by atoms with Crippen molar-refractivity contribution in [2.45, 2.75) is 97.4 Å². The fraction of sp³-hybridized carbons (Fsp3) is 0.786. The molecule has 190 valence electrons. The Balaban J connectivity index is 1.62. The minimum Gasteiger partial charge on any atom is -0.461 e. The Hall–Kier alpha value is -1.50. The van der Waals surface area contributed by atoms with Crippen LogP contribution in [-0.4, -0.2) is 51.5 Å². The highest BCUT2D eigenvalue weighted by Crippen LogP contribution is 2.71. The molecule has 2 saturated carbocycles. The van der Waals surface area contributed by atoms with Gasteiger partial charge in [-0.3, -0.25) is 9.59 Å². The Morgan fingerprint density at radius 1 is 1.15 bits per heavy atom. The molecule has 0 radical (unpaired) electrons. The van der Waals surface area contributed by atoms with Gasteiger partial charge in [0, 0.05) is 12.3 Å². The standard InChI is InChI=1S/C28H42O6/c1-6-7-8-9-10-11-21(29)34-15-18-13-19-22-20(26(22,4)5)12-17(3)27(25(19)32)14-16(2)23(30)28(27,33)24(18)31/h13-14,17,19-20,22-24,30-31,33H,6-12,15H2,1-5H3/t17-,19-,20-,22+,23+,24-,27+,28-/m1/s1. The number of carbonyl (C=O) groups excluding carboxylic acids is 2. The highest BCUT2D eigenvalue weighted by atomic mass is 16.5. The summed E-state index contributed by atoms with van der Waals surface area (Å²) in [5, 5.41) is 34.6. The van der Waals surface area contributed by atoms with E-state index in [1.54, 1.807) is 19.1 Å². The van der Waals surface area contributed by atoms with E-state index in [0.717, 1.165) is 38.5 Å². The molecule has 4 aliphatic carbocycles. The molecular weight excluding hydrogens is 432 g/mol. The molecule has 4 aliphatic rings. The van der Waals surface area contributed by atoms with E-state index in [0.29, 0.717) is 23.5 Å². The van der Waals surface area contributed by atoms with Crippen LogP contribution in [0.5, 0.6) is 0 Å². The van der Waals surface area contributed by atoms with Crippen molar-refractivity contribution in [2.24, 2.45) is 34.5 Å². The van der Waals surface area contributed by atoms with Crippen LogP contribution in [0.1, 0.15) is 79.6 Å². The molecule has 2 bridgehead atoms. The number of aliphatic hydroxyl groups excluding tert-OH is 2. The average Bonchev–Trinajstić information content (AvgIpc) is 3.29. The third-order valence-electron chi connectivity index (χ3n) is 9.63. The largest absolute Gasteiger partial charge is 0.461 e. The van der Waals surface area contributed by atoms with Crippen molar-refractivity contribution >= 4 is 11.8 Å². The Labute approximate surface area is 203 Å². The summed E-state index contributed by atoms with van der Waals surface area (Å²) in [5.74, 6) is -0.790. The van der Waals surface area contributed by atoms with Gasteiger partial charge in [-0.15, -0.1) is 0 Å². The number of allylic oxidation sites excluding steroid dienone is 1. The van der Waals surface area contributed by atoms with Gasteiger partial charge in [0.2, 0.25) is 0 Å². The Morgan fingerprint density at radius 2 is 1.82 bits per heavy atom. The number of rotatable bonds is 8. The lowest BCUT2D eigenvalue weighted by Crippen LogP contribution is -2.65. The fourth-order valence-corrected chi connectivity index (χ4v) is 7.53. The summed E-state index contributed by atoms with van der Waals surface area (Å²) in [7, 11) is 0. The van der Waals surface area contributed by atoms with Crippen molar-refractivity contribution in [3.05, 3.63) is 23.3 Å². The second kappa shape index (κ2) is 8.86. The molecule has 34 heavy (non-hydrogen) atoms. The first-order valence-corrected chi connectivity index (χ1v) is 13.1. The van der Waals surface area contributed by atoms with Crippen LogP contribution in [0.15, 0.2) is 23.3 Å². The lowest BCUT2D eigenvalue weighted by atomic mass is 9.59. The van der Waals surface area contributed by atoms with Gasteiger partial charge >= 0.3 is 5.97 Å². The zero-order valence-electron chi connectivity index (χ0n) is 21.3. The summed E-state index contributed by atoms with van der Waals surface area (Å²) in [5.41, 5.74) is -2.65. The molecule has 0 unspecified atom stereocenters. The van der Waals surface area contributed by atoms with Crippen LogP contribution in [-0.2, 0) is 14.3 Å². The molecule has 1 spiro atoms. The number of fused-ring (bicyclic) bond motifs is 3. The van der Waals surface area contributed by atoms with E-state index < -0.39 is 29.1 Å². The Bertz CT molecular complexity index is 903. The monoisotopic (exact) mass is 474 g/mol. The first-order chi connectivity index (χ1) is 15.9. The molecule has 6 nitrogen and oxygen atoms in total. The number of ether oxygens (including phenoxy) is 1. The maximum atomic E-state index is 14.2. The maximum Gasteiger partial charge on any atom is 0.306 e. The molecule has 3 N–H and O–H groups in total. The number of hydrogen-bond donors (Lipinski definition) is 3. The minimum atomic E-state index is -2.08. The normalized spacial score (nSPS) is 42.1. The topological polar surface area (TPSA) is 104 Å². The maximum absolute atomic E-state index is 14.2. The number of aliphatic hydroxyl groups is 3. The second-order valence-corrected chi connectivity index (χ2v) is 11.9. The van der Waals surface area contributed by atoms with Crippen molar-refractivity contribution in [3.63, 3.8) is 0 Å². The number of ketones is 1. The molecule has 0 heterocycles. The van der Waals surface area contributed by atoms with Crippen LogP contribution in [0.25, 0.3) is 0 Å². The van der Waals surface area contributed by atoms with Gasteiger partial charge in [-0.2, -0.15) is 0 Å². The van der Waals surface area contributed by atoms with Gasteiger partial charge in [0.05, 0.1) is 5.41 Å². The summed E-state index contributed by atoms with van der Waals surface area (Å²) < 4.78 is 5.52. The van der Waals surface area contributed by atoms with Crippen molar-refractivity contribution in [3.8, 4) is 0 Å². The SMILES string of the molecule is CCCCCCCC(=O)OCC1=C[C@H]2C(=O)[C@]3(C=C(C)[C@H](O)[C@@]3(O)[C@@H]1O)[C@H](C)C[C@@H]1[C@H]2C1(C)C.